The van der Waals surface area contributed by atoms with Gasteiger partial charge in [-0.2, -0.15) is 0 Å². The van der Waals surface area contributed by atoms with Crippen molar-refractivity contribution in [3.63, 3.8) is 0 Å². The zero-order valence-corrected chi connectivity index (χ0v) is 21.1. The Balaban J connectivity index is 1.50. The van der Waals surface area contributed by atoms with Crippen LogP contribution in [0.15, 0.2) is 102 Å². The Morgan fingerprint density at radius 1 is 0.743 bits per heavy atom. The Bertz CT molecular complexity index is 1310. The molecule has 0 aliphatic carbocycles. The third-order valence-corrected chi connectivity index (χ3v) is 6.71. The van der Waals surface area contributed by atoms with Gasteiger partial charge in [-0.25, -0.2) is 0 Å². The number of hydrogen-bond acceptors (Lipinski definition) is 3. The molecule has 0 radical (unpaired) electrons. The van der Waals surface area contributed by atoms with E-state index in [2.05, 4.69) is 16.7 Å². The van der Waals surface area contributed by atoms with Gasteiger partial charge in [-0.15, -0.1) is 11.8 Å². The van der Waals surface area contributed by atoms with Gasteiger partial charge in [0.25, 0.3) is 0 Å². The molecule has 0 fully saturated rings. The fraction of sp³-hybridized carbons (Fsp3) is 0.200. The van der Waals surface area contributed by atoms with Crippen LogP contribution >= 0.6 is 11.8 Å². The van der Waals surface area contributed by atoms with E-state index in [-0.39, 0.29) is 17.2 Å². The Kier molecular flexibility index (Phi) is 7.57. The summed E-state index contributed by atoms with van der Waals surface area (Å²) < 4.78 is 0. The van der Waals surface area contributed by atoms with Crippen LogP contribution in [0, 0.1) is 5.41 Å². The highest BCUT2D eigenvalue weighted by atomic mass is 32.2. The average molecular weight is 483 g/mol. The Hall–Kier alpha value is -3.57. The molecule has 4 nitrogen and oxygen atoms in total. The van der Waals surface area contributed by atoms with Crippen molar-refractivity contribution >= 4 is 45.7 Å². The van der Waals surface area contributed by atoms with E-state index >= 15 is 0 Å². The molecule has 1 unspecified atom stereocenters. The maximum Gasteiger partial charge on any atom is 0.242 e. The number of benzene rings is 4. The summed E-state index contributed by atoms with van der Waals surface area (Å²) in [7, 11) is 0. The van der Waals surface area contributed by atoms with E-state index in [1.807, 2.05) is 112 Å². The standard InChI is InChI=1S/C30H30N2O2S/c1-30(2,3)20-27(33)31-24-15-17-26(18-16-24)35-28(22-10-5-4-6-11-22)29(34)32-25-14-13-21-9-7-8-12-23(21)19-25/h4-19,28H,20H2,1-3H3,(H,31,33)(H,32,34). The molecule has 0 spiro atoms. The first-order chi connectivity index (χ1) is 16.8. The van der Waals surface area contributed by atoms with E-state index in [9.17, 15) is 9.59 Å². The Labute approximate surface area is 211 Å². The van der Waals surface area contributed by atoms with Crippen molar-refractivity contribution in [2.45, 2.75) is 37.3 Å². The molecule has 0 heterocycles. The minimum Gasteiger partial charge on any atom is -0.326 e. The molecule has 0 aliphatic heterocycles. The molecule has 2 N–H and O–H groups in total. The van der Waals surface area contributed by atoms with Crippen LogP contribution in [0.1, 0.15) is 38.0 Å². The summed E-state index contributed by atoms with van der Waals surface area (Å²) in [4.78, 5) is 26.6. The second-order valence-corrected chi connectivity index (χ2v) is 10.9. The van der Waals surface area contributed by atoms with E-state index in [0.717, 1.165) is 32.6 Å². The van der Waals surface area contributed by atoms with Crippen LogP contribution < -0.4 is 10.6 Å². The fourth-order valence-corrected chi connectivity index (χ4v) is 4.84. The van der Waals surface area contributed by atoms with Crippen molar-refractivity contribution in [1.82, 2.24) is 0 Å². The molecule has 0 bridgehead atoms. The van der Waals surface area contributed by atoms with E-state index in [0.29, 0.717) is 6.42 Å². The van der Waals surface area contributed by atoms with E-state index < -0.39 is 5.25 Å². The van der Waals surface area contributed by atoms with Crippen LogP contribution in [0.2, 0.25) is 0 Å². The van der Waals surface area contributed by atoms with Gasteiger partial charge < -0.3 is 10.6 Å². The van der Waals surface area contributed by atoms with E-state index in [1.54, 1.807) is 0 Å². The summed E-state index contributed by atoms with van der Waals surface area (Å²) >= 11 is 1.49. The lowest BCUT2D eigenvalue weighted by atomic mass is 9.92. The van der Waals surface area contributed by atoms with Gasteiger partial charge in [-0.1, -0.05) is 81.4 Å². The van der Waals surface area contributed by atoms with Gasteiger partial charge in [0, 0.05) is 22.7 Å². The third-order valence-electron chi connectivity index (χ3n) is 5.44. The summed E-state index contributed by atoms with van der Waals surface area (Å²) in [5, 5.41) is 7.84. The zero-order chi connectivity index (χ0) is 24.8. The first kappa shape index (κ1) is 24.6. The highest BCUT2D eigenvalue weighted by Crippen LogP contribution is 2.37. The number of thioether (sulfide) groups is 1. The predicted octanol–water partition coefficient (Wildman–Crippen LogP) is 7.69. The average Bonchev–Trinajstić information content (AvgIpc) is 2.83. The van der Waals surface area contributed by atoms with Gasteiger partial charge in [-0.05, 0) is 58.1 Å². The van der Waals surface area contributed by atoms with Gasteiger partial charge in [0.15, 0.2) is 0 Å². The van der Waals surface area contributed by atoms with Crippen molar-refractivity contribution in [3.05, 3.63) is 103 Å². The first-order valence-electron chi connectivity index (χ1n) is 11.7. The molecule has 0 aliphatic rings. The molecule has 4 aromatic carbocycles. The SMILES string of the molecule is CC(C)(C)CC(=O)Nc1ccc(SC(C(=O)Nc2ccc3ccccc3c2)c2ccccc2)cc1. The summed E-state index contributed by atoms with van der Waals surface area (Å²) in [6, 6.07) is 31.5. The van der Waals surface area contributed by atoms with Gasteiger partial charge in [0.05, 0.1) is 0 Å². The van der Waals surface area contributed by atoms with Crippen LogP contribution in [-0.4, -0.2) is 11.8 Å². The molecular weight excluding hydrogens is 452 g/mol. The molecule has 178 valence electrons. The van der Waals surface area contributed by atoms with Crippen LogP contribution in [-0.2, 0) is 9.59 Å². The Morgan fingerprint density at radius 3 is 2.06 bits per heavy atom. The topological polar surface area (TPSA) is 58.2 Å². The van der Waals surface area contributed by atoms with Crippen molar-refractivity contribution < 1.29 is 9.59 Å². The first-order valence-corrected chi connectivity index (χ1v) is 12.6. The summed E-state index contributed by atoms with van der Waals surface area (Å²) in [6.07, 6.45) is 0.453. The summed E-state index contributed by atoms with van der Waals surface area (Å²) in [6.45, 7) is 6.12. The molecule has 0 saturated carbocycles. The predicted molar refractivity (Wildman–Crippen MR) is 147 cm³/mol. The lowest BCUT2D eigenvalue weighted by Gasteiger charge is -2.18. The van der Waals surface area contributed by atoms with Crippen LogP contribution in [0.3, 0.4) is 0 Å². The lowest BCUT2D eigenvalue weighted by molar-refractivity contribution is -0.118. The molecular formula is C30H30N2O2S. The zero-order valence-electron chi connectivity index (χ0n) is 20.2. The smallest absolute Gasteiger partial charge is 0.242 e. The fourth-order valence-electron chi connectivity index (χ4n) is 3.82. The number of nitrogens with one attached hydrogen (secondary N) is 2. The van der Waals surface area contributed by atoms with Crippen molar-refractivity contribution in [3.8, 4) is 0 Å². The molecule has 4 rings (SSSR count). The number of hydrogen-bond donors (Lipinski definition) is 2. The van der Waals surface area contributed by atoms with Crippen molar-refractivity contribution in [2.24, 2.45) is 5.41 Å². The number of carbonyl (C=O) groups excluding carboxylic acids is 2. The van der Waals surface area contributed by atoms with Gasteiger partial charge >= 0.3 is 0 Å². The van der Waals surface area contributed by atoms with Crippen molar-refractivity contribution in [2.75, 3.05) is 10.6 Å². The molecule has 2 amide bonds. The summed E-state index contributed by atoms with van der Waals surface area (Å²) in [5.41, 5.74) is 2.38. The third kappa shape index (κ3) is 6.96. The van der Waals surface area contributed by atoms with Crippen LogP contribution in [0.5, 0.6) is 0 Å². The van der Waals surface area contributed by atoms with Gasteiger partial charge in [-0.3, -0.25) is 9.59 Å². The minimum absolute atomic E-state index is 0.00479. The summed E-state index contributed by atoms with van der Waals surface area (Å²) in [5.74, 6) is -0.0890. The lowest BCUT2D eigenvalue weighted by Crippen LogP contribution is -2.19. The normalized spacial score (nSPS) is 12.2. The second kappa shape index (κ2) is 10.8. The van der Waals surface area contributed by atoms with Gasteiger partial charge in [0.1, 0.15) is 5.25 Å². The molecule has 0 aromatic heterocycles. The van der Waals surface area contributed by atoms with E-state index in [4.69, 9.17) is 0 Å². The van der Waals surface area contributed by atoms with E-state index in [1.165, 1.54) is 11.8 Å². The molecule has 35 heavy (non-hydrogen) atoms. The van der Waals surface area contributed by atoms with Crippen LogP contribution in [0.25, 0.3) is 10.8 Å². The second-order valence-electron chi connectivity index (χ2n) is 9.77. The molecule has 5 heteroatoms. The highest BCUT2D eigenvalue weighted by molar-refractivity contribution is 8.00. The largest absolute Gasteiger partial charge is 0.326 e. The highest BCUT2D eigenvalue weighted by Gasteiger charge is 2.22. The number of fused-ring (bicyclic) bond motifs is 1. The number of amides is 2. The maximum atomic E-state index is 13.4. The van der Waals surface area contributed by atoms with Crippen molar-refractivity contribution in [1.29, 1.82) is 0 Å². The number of carbonyl (C=O) groups is 2. The number of anilines is 2. The molecule has 4 aromatic rings. The van der Waals surface area contributed by atoms with Crippen LogP contribution in [0.4, 0.5) is 11.4 Å². The number of rotatable bonds is 7. The molecule has 0 saturated heterocycles. The monoisotopic (exact) mass is 482 g/mol. The minimum atomic E-state index is -0.427. The molecule has 1 atom stereocenters. The van der Waals surface area contributed by atoms with Gasteiger partial charge in [0.2, 0.25) is 11.8 Å². The quantitative estimate of drug-likeness (QED) is 0.266. The Morgan fingerprint density at radius 2 is 1.37 bits per heavy atom. The maximum absolute atomic E-state index is 13.4.